The molecule has 0 radical (unpaired) electrons. The predicted octanol–water partition coefficient (Wildman–Crippen LogP) is 2.37. The number of amides is 2. The molecular weight excluding hydrogens is 346 g/mol. The number of carbonyl (C=O) groups is 2. The Morgan fingerprint density at radius 2 is 2.04 bits per heavy atom. The van der Waals surface area contributed by atoms with Crippen LogP contribution in [0, 0.1) is 0 Å². The number of methoxy groups -OCH3 is 1. The maximum atomic E-state index is 12.3. The monoisotopic (exact) mass is 369 g/mol. The maximum Gasteiger partial charge on any atom is 0.225 e. The number of hydrogen-bond acceptors (Lipinski definition) is 6. The van der Waals surface area contributed by atoms with Gasteiger partial charge in [-0.15, -0.1) is 0 Å². The Labute approximate surface area is 158 Å². The van der Waals surface area contributed by atoms with Crippen LogP contribution in [0.3, 0.4) is 0 Å². The smallest absolute Gasteiger partial charge is 0.225 e. The van der Waals surface area contributed by atoms with Crippen molar-refractivity contribution in [2.45, 2.75) is 25.7 Å². The molecule has 0 saturated carbocycles. The molecule has 8 heteroatoms. The zero-order valence-corrected chi connectivity index (χ0v) is 15.9. The molecule has 2 amide bonds. The van der Waals surface area contributed by atoms with Crippen molar-refractivity contribution < 1.29 is 14.3 Å². The lowest BCUT2D eigenvalue weighted by molar-refractivity contribution is -0.117. The summed E-state index contributed by atoms with van der Waals surface area (Å²) in [5.41, 5.74) is 2.94. The number of nitrogens with zero attached hydrogens (tertiary/aromatic N) is 3. The molecule has 1 aromatic heterocycles. The molecule has 0 aliphatic carbocycles. The highest BCUT2D eigenvalue weighted by atomic mass is 16.5. The number of fused-ring (bicyclic) bond motifs is 1. The van der Waals surface area contributed by atoms with Crippen molar-refractivity contribution in [2.75, 3.05) is 36.7 Å². The summed E-state index contributed by atoms with van der Waals surface area (Å²) in [4.78, 5) is 34.6. The number of nitrogens with one attached hydrogen (secondary N) is 2. The van der Waals surface area contributed by atoms with Crippen molar-refractivity contribution >= 4 is 29.1 Å². The second kappa shape index (κ2) is 7.61. The van der Waals surface area contributed by atoms with Gasteiger partial charge in [0, 0.05) is 50.9 Å². The van der Waals surface area contributed by atoms with E-state index in [4.69, 9.17) is 4.74 Å². The van der Waals surface area contributed by atoms with E-state index < -0.39 is 0 Å². The van der Waals surface area contributed by atoms with Gasteiger partial charge < -0.3 is 20.3 Å². The fraction of sp³-hybridized carbons (Fsp3) is 0.368. The molecule has 2 heterocycles. The fourth-order valence-corrected chi connectivity index (χ4v) is 3.03. The fourth-order valence-electron chi connectivity index (χ4n) is 3.03. The Bertz CT molecular complexity index is 864. The lowest BCUT2D eigenvalue weighted by Gasteiger charge is -2.27. The molecule has 2 N–H and O–H groups in total. The van der Waals surface area contributed by atoms with Crippen LogP contribution in [0.4, 0.5) is 17.3 Å². The highest BCUT2D eigenvalue weighted by Gasteiger charge is 2.29. The van der Waals surface area contributed by atoms with E-state index in [0.29, 0.717) is 35.9 Å². The molecule has 1 unspecified atom stereocenters. The highest BCUT2D eigenvalue weighted by molar-refractivity contribution is 5.98. The van der Waals surface area contributed by atoms with Crippen LogP contribution in [0.1, 0.15) is 36.8 Å². The van der Waals surface area contributed by atoms with E-state index in [1.807, 2.05) is 25.1 Å². The minimum absolute atomic E-state index is 0.0953. The molecule has 0 fully saturated rings. The summed E-state index contributed by atoms with van der Waals surface area (Å²) in [6, 6.07) is 3.59. The summed E-state index contributed by atoms with van der Waals surface area (Å²) in [5.74, 6) is 0.744. The van der Waals surface area contributed by atoms with E-state index in [0.717, 1.165) is 11.1 Å². The second-order valence-corrected chi connectivity index (χ2v) is 6.56. The van der Waals surface area contributed by atoms with Crippen LogP contribution in [-0.4, -0.2) is 43.0 Å². The minimum Gasteiger partial charge on any atom is -0.495 e. The lowest BCUT2D eigenvalue weighted by Crippen LogP contribution is -2.24. The summed E-state index contributed by atoms with van der Waals surface area (Å²) >= 11 is 0. The Morgan fingerprint density at radius 3 is 2.63 bits per heavy atom. The number of hydrogen-bond donors (Lipinski definition) is 2. The van der Waals surface area contributed by atoms with Crippen molar-refractivity contribution in [1.29, 1.82) is 0 Å². The molecule has 0 bridgehead atoms. The summed E-state index contributed by atoms with van der Waals surface area (Å²) in [6.07, 6.45) is 4.13. The zero-order valence-electron chi connectivity index (χ0n) is 15.9. The van der Waals surface area contributed by atoms with Crippen LogP contribution >= 0.6 is 0 Å². The molecule has 2 aromatic rings. The number of ether oxygens (including phenoxy) is 1. The first-order valence-corrected chi connectivity index (χ1v) is 8.73. The van der Waals surface area contributed by atoms with Gasteiger partial charge in [0.2, 0.25) is 17.8 Å². The van der Waals surface area contributed by atoms with Crippen molar-refractivity contribution in [3.8, 4) is 5.75 Å². The van der Waals surface area contributed by atoms with Gasteiger partial charge in [-0.2, -0.15) is 0 Å². The van der Waals surface area contributed by atoms with Crippen LogP contribution in [0.5, 0.6) is 5.75 Å². The quantitative estimate of drug-likeness (QED) is 0.840. The number of anilines is 3. The number of aromatic nitrogens is 2. The Hall–Kier alpha value is -3.16. The van der Waals surface area contributed by atoms with E-state index in [-0.39, 0.29) is 17.7 Å². The van der Waals surface area contributed by atoms with Crippen LogP contribution in [0.2, 0.25) is 0 Å². The molecule has 142 valence electrons. The minimum atomic E-state index is -0.185. The van der Waals surface area contributed by atoms with Gasteiger partial charge in [0.05, 0.1) is 12.8 Å². The van der Waals surface area contributed by atoms with Crippen molar-refractivity contribution in [1.82, 2.24) is 9.97 Å². The topological polar surface area (TPSA) is 96.4 Å². The predicted molar refractivity (Wildman–Crippen MR) is 103 cm³/mol. The van der Waals surface area contributed by atoms with Crippen LogP contribution in [0.15, 0.2) is 24.5 Å². The summed E-state index contributed by atoms with van der Waals surface area (Å²) < 4.78 is 5.45. The normalized spacial score (nSPS) is 15.6. The molecule has 0 spiro atoms. The third kappa shape index (κ3) is 3.84. The van der Waals surface area contributed by atoms with E-state index in [2.05, 4.69) is 20.6 Å². The average molecular weight is 369 g/mol. The summed E-state index contributed by atoms with van der Waals surface area (Å²) in [5, 5.41) is 5.68. The molecule has 1 aliphatic rings. The zero-order chi connectivity index (χ0) is 19.6. The first kappa shape index (κ1) is 18.6. The lowest BCUT2D eigenvalue weighted by atomic mass is 9.85. The molecular formula is C19H23N5O3. The average Bonchev–Trinajstić information content (AvgIpc) is 2.66. The standard InChI is InChI=1S/C19H23N5O3/c1-5-17(25)23-15-8-14-13(6-16(15)27-4)12(7-18(26)22-14)11-9-20-19(21-10-11)24(2)3/h6,8-10,12H,5,7H2,1-4H3,(H,22,26)(H,23,25). The largest absolute Gasteiger partial charge is 0.495 e. The summed E-state index contributed by atoms with van der Waals surface area (Å²) in [6.45, 7) is 1.77. The molecule has 3 rings (SSSR count). The molecule has 1 aromatic carbocycles. The first-order chi connectivity index (χ1) is 12.9. The van der Waals surface area contributed by atoms with Gasteiger partial charge in [-0.25, -0.2) is 9.97 Å². The molecule has 1 aliphatic heterocycles. The van der Waals surface area contributed by atoms with Gasteiger partial charge in [-0.1, -0.05) is 6.92 Å². The molecule has 8 nitrogen and oxygen atoms in total. The van der Waals surface area contributed by atoms with Crippen molar-refractivity contribution in [3.05, 3.63) is 35.7 Å². The van der Waals surface area contributed by atoms with Gasteiger partial charge in [0.15, 0.2) is 0 Å². The number of rotatable bonds is 5. The van der Waals surface area contributed by atoms with Gasteiger partial charge in [-0.05, 0) is 23.3 Å². The second-order valence-electron chi connectivity index (χ2n) is 6.56. The molecule has 1 atom stereocenters. The van der Waals surface area contributed by atoms with Crippen molar-refractivity contribution in [2.24, 2.45) is 0 Å². The van der Waals surface area contributed by atoms with E-state index in [9.17, 15) is 9.59 Å². The van der Waals surface area contributed by atoms with E-state index in [1.165, 1.54) is 0 Å². The highest BCUT2D eigenvalue weighted by Crippen LogP contribution is 2.42. The van der Waals surface area contributed by atoms with Crippen LogP contribution < -0.4 is 20.3 Å². The molecule has 0 saturated heterocycles. The maximum absolute atomic E-state index is 12.3. The summed E-state index contributed by atoms with van der Waals surface area (Å²) in [7, 11) is 5.29. The van der Waals surface area contributed by atoms with E-state index in [1.54, 1.807) is 32.5 Å². The van der Waals surface area contributed by atoms with Gasteiger partial charge in [-0.3, -0.25) is 9.59 Å². The number of carbonyl (C=O) groups excluding carboxylic acids is 2. The Morgan fingerprint density at radius 1 is 1.33 bits per heavy atom. The van der Waals surface area contributed by atoms with Crippen molar-refractivity contribution in [3.63, 3.8) is 0 Å². The van der Waals surface area contributed by atoms with Gasteiger partial charge >= 0.3 is 0 Å². The first-order valence-electron chi connectivity index (χ1n) is 8.73. The van der Waals surface area contributed by atoms with E-state index >= 15 is 0 Å². The van der Waals surface area contributed by atoms with Gasteiger partial charge in [0.25, 0.3) is 0 Å². The van der Waals surface area contributed by atoms with Crippen LogP contribution in [-0.2, 0) is 9.59 Å². The Kier molecular flexibility index (Phi) is 5.25. The SMILES string of the molecule is CCC(=O)Nc1cc2c(cc1OC)C(c1cnc(N(C)C)nc1)CC(=O)N2. The third-order valence-electron chi connectivity index (χ3n) is 4.47. The number of benzene rings is 1. The van der Waals surface area contributed by atoms with Gasteiger partial charge in [0.1, 0.15) is 5.75 Å². The third-order valence-corrected chi connectivity index (χ3v) is 4.47. The molecule has 27 heavy (non-hydrogen) atoms. The van der Waals surface area contributed by atoms with Crippen LogP contribution in [0.25, 0.3) is 0 Å². The Balaban J connectivity index is 2.02.